The lowest BCUT2D eigenvalue weighted by Crippen LogP contribution is -2.41. The summed E-state index contributed by atoms with van der Waals surface area (Å²) in [5.41, 5.74) is 4.67. The standard InChI is InChI=1S/C21H26O3/c1-7-24-20(22)21(23-6,18-10-14(2)8-15(3)11-18)19-12-16(4)9-17(5)13-19/h8-13H,7H2,1-6H3. The molecule has 0 spiro atoms. The molecule has 0 aromatic heterocycles. The van der Waals surface area contributed by atoms with E-state index in [2.05, 4.69) is 12.1 Å². The molecular weight excluding hydrogens is 300 g/mol. The smallest absolute Gasteiger partial charge is 0.347 e. The summed E-state index contributed by atoms with van der Waals surface area (Å²) < 4.78 is 11.3. The van der Waals surface area contributed by atoms with Gasteiger partial charge in [0, 0.05) is 18.2 Å². The number of ether oxygens (including phenoxy) is 2. The first-order valence-electron chi connectivity index (χ1n) is 8.23. The second-order valence-corrected chi connectivity index (χ2v) is 6.36. The van der Waals surface area contributed by atoms with Crippen molar-refractivity contribution in [3.8, 4) is 0 Å². The number of methoxy groups -OCH3 is 1. The zero-order valence-corrected chi connectivity index (χ0v) is 15.4. The van der Waals surface area contributed by atoms with Crippen LogP contribution in [0.3, 0.4) is 0 Å². The van der Waals surface area contributed by atoms with Gasteiger partial charge in [0.25, 0.3) is 0 Å². The van der Waals surface area contributed by atoms with Crippen LogP contribution in [0.25, 0.3) is 0 Å². The van der Waals surface area contributed by atoms with Gasteiger partial charge in [-0.2, -0.15) is 0 Å². The predicted molar refractivity (Wildman–Crippen MR) is 96.3 cm³/mol. The maximum absolute atomic E-state index is 13.0. The second-order valence-electron chi connectivity index (χ2n) is 6.36. The van der Waals surface area contributed by atoms with Gasteiger partial charge in [-0.05, 0) is 34.6 Å². The predicted octanol–water partition coefficient (Wildman–Crippen LogP) is 4.37. The molecule has 0 atom stereocenters. The molecule has 0 aliphatic carbocycles. The van der Waals surface area contributed by atoms with Gasteiger partial charge in [-0.25, -0.2) is 4.79 Å². The topological polar surface area (TPSA) is 35.5 Å². The van der Waals surface area contributed by atoms with Crippen molar-refractivity contribution in [2.75, 3.05) is 13.7 Å². The molecule has 0 bridgehead atoms. The van der Waals surface area contributed by atoms with E-state index in [1.54, 1.807) is 14.0 Å². The molecule has 0 amide bonds. The number of carbonyl (C=O) groups is 1. The molecule has 24 heavy (non-hydrogen) atoms. The minimum atomic E-state index is -1.26. The molecule has 2 aromatic carbocycles. The van der Waals surface area contributed by atoms with Gasteiger partial charge in [-0.15, -0.1) is 0 Å². The van der Waals surface area contributed by atoms with E-state index in [-0.39, 0.29) is 5.97 Å². The molecular formula is C21H26O3. The molecule has 3 heteroatoms. The fourth-order valence-electron chi connectivity index (χ4n) is 3.31. The van der Waals surface area contributed by atoms with Crippen LogP contribution in [0.15, 0.2) is 36.4 Å². The number of hydrogen-bond acceptors (Lipinski definition) is 3. The van der Waals surface area contributed by atoms with Crippen molar-refractivity contribution in [2.24, 2.45) is 0 Å². The average Bonchev–Trinajstić information content (AvgIpc) is 2.47. The third kappa shape index (κ3) is 3.36. The van der Waals surface area contributed by atoms with Crippen molar-refractivity contribution in [2.45, 2.75) is 40.2 Å². The number of carbonyl (C=O) groups excluding carboxylic acids is 1. The van der Waals surface area contributed by atoms with E-state index in [1.165, 1.54) is 0 Å². The molecule has 0 aliphatic heterocycles. The summed E-state index contributed by atoms with van der Waals surface area (Å²) in [4.78, 5) is 13.0. The Balaban J connectivity index is 2.79. The Morgan fingerprint density at radius 3 is 1.50 bits per heavy atom. The fraction of sp³-hybridized carbons (Fsp3) is 0.381. The number of hydrogen-bond donors (Lipinski definition) is 0. The van der Waals surface area contributed by atoms with E-state index < -0.39 is 5.60 Å². The van der Waals surface area contributed by atoms with E-state index in [0.717, 1.165) is 33.4 Å². The Hall–Kier alpha value is -2.13. The van der Waals surface area contributed by atoms with Crippen molar-refractivity contribution in [1.29, 1.82) is 0 Å². The molecule has 3 nitrogen and oxygen atoms in total. The molecule has 0 radical (unpaired) electrons. The molecule has 0 aliphatic rings. The lowest BCUT2D eigenvalue weighted by atomic mass is 9.83. The summed E-state index contributed by atoms with van der Waals surface area (Å²) in [5, 5.41) is 0. The summed E-state index contributed by atoms with van der Waals surface area (Å²) in [5.74, 6) is -0.387. The first-order valence-corrected chi connectivity index (χ1v) is 8.23. The molecule has 0 unspecified atom stereocenters. The van der Waals surface area contributed by atoms with Crippen LogP contribution in [0, 0.1) is 27.7 Å². The van der Waals surface area contributed by atoms with Crippen molar-refractivity contribution in [3.05, 3.63) is 69.8 Å². The Morgan fingerprint density at radius 2 is 1.21 bits per heavy atom. The van der Waals surface area contributed by atoms with Gasteiger partial charge in [-0.1, -0.05) is 58.7 Å². The van der Waals surface area contributed by atoms with Gasteiger partial charge in [0.05, 0.1) is 6.61 Å². The second kappa shape index (κ2) is 7.18. The Kier molecular flexibility index (Phi) is 5.45. The number of benzene rings is 2. The summed E-state index contributed by atoms with van der Waals surface area (Å²) in [6, 6.07) is 12.1. The zero-order chi connectivity index (χ0) is 17.9. The maximum atomic E-state index is 13.0. The largest absolute Gasteiger partial charge is 0.463 e. The van der Waals surface area contributed by atoms with Gasteiger partial charge in [0.15, 0.2) is 0 Å². The molecule has 2 rings (SSSR count). The molecule has 0 N–H and O–H groups in total. The molecule has 0 fully saturated rings. The minimum Gasteiger partial charge on any atom is -0.463 e. The highest BCUT2D eigenvalue weighted by atomic mass is 16.6. The van der Waals surface area contributed by atoms with Crippen LogP contribution < -0.4 is 0 Å². The quantitative estimate of drug-likeness (QED) is 0.765. The third-order valence-corrected chi connectivity index (χ3v) is 4.13. The normalized spacial score (nSPS) is 11.4. The third-order valence-electron chi connectivity index (χ3n) is 4.13. The van der Waals surface area contributed by atoms with Crippen LogP contribution >= 0.6 is 0 Å². The van der Waals surface area contributed by atoms with Gasteiger partial charge in [-0.3, -0.25) is 0 Å². The molecule has 0 saturated carbocycles. The highest BCUT2D eigenvalue weighted by molar-refractivity contribution is 5.86. The lowest BCUT2D eigenvalue weighted by Gasteiger charge is -2.32. The van der Waals surface area contributed by atoms with Crippen molar-refractivity contribution in [3.63, 3.8) is 0 Å². The number of rotatable bonds is 5. The Labute approximate surface area is 144 Å². The van der Waals surface area contributed by atoms with Crippen LogP contribution in [-0.2, 0) is 19.9 Å². The van der Waals surface area contributed by atoms with Gasteiger partial charge in [0.1, 0.15) is 0 Å². The van der Waals surface area contributed by atoms with Gasteiger partial charge < -0.3 is 9.47 Å². The first kappa shape index (κ1) is 18.2. The van der Waals surface area contributed by atoms with E-state index in [1.807, 2.05) is 52.0 Å². The Bertz CT molecular complexity index is 655. The van der Waals surface area contributed by atoms with Gasteiger partial charge >= 0.3 is 5.97 Å². The highest BCUT2D eigenvalue weighted by Crippen LogP contribution is 2.36. The van der Waals surface area contributed by atoms with E-state index in [4.69, 9.17) is 9.47 Å². The van der Waals surface area contributed by atoms with Crippen LogP contribution in [0.2, 0.25) is 0 Å². The molecule has 128 valence electrons. The number of aryl methyl sites for hydroxylation is 4. The molecule has 2 aromatic rings. The Morgan fingerprint density at radius 1 is 0.833 bits per heavy atom. The van der Waals surface area contributed by atoms with Crippen molar-refractivity contribution >= 4 is 5.97 Å². The van der Waals surface area contributed by atoms with Crippen LogP contribution in [0.4, 0.5) is 0 Å². The first-order chi connectivity index (χ1) is 11.3. The number of esters is 1. The monoisotopic (exact) mass is 326 g/mol. The summed E-state index contributed by atoms with van der Waals surface area (Å²) in [6.07, 6.45) is 0. The highest BCUT2D eigenvalue weighted by Gasteiger charge is 2.44. The lowest BCUT2D eigenvalue weighted by molar-refractivity contribution is -0.164. The summed E-state index contributed by atoms with van der Waals surface area (Å²) in [6.45, 7) is 10.2. The zero-order valence-electron chi connectivity index (χ0n) is 15.4. The van der Waals surface area contributed by atoms with Crippen molar-refractivity contribution < 1.29 is 14.3 Å². The van der Waals surface area contributed by atoms with E-state index in [0.29, 0.717) is 6.61 Å². The van der Waals surface area contributed by atoms with Crippen molar-refractivity contribution in [1.82, 2.24) is 0 Å². The van der Waals surface area contributed by atoms with E-state index >= 15 is 0 Å². The van der Waals surface area contributed by atoms with E-state index in [9.17, 15) is 4.79 Å². The van der Waals surface area contributed by atoms with Crippen LogP contribution in [0.1, 0.15) is 40.3 Å². The molecule has 0 heterocycles. The summed E-state index contributed by atoms with van der Waals surface area (Å²) in [7, 11) is 1.56. The minimum absolute atomic E-state index is 0.305. The fourth-order valence-corrected chi connectivity index (χ4v) is 3.31. The SMILES string of the molecule is CCOC(=O)C(OC)(c1cc(C)cc(C)c1)c1cc(C)cc(C)c1. The van der Waals surface area contributed by atoms with Gasteiger partial charge in [0.2, 0.25) is 5.60 Å². The summed E-state index contributed by atoms with van der Waals surface area (Å²) >= 11 is 0. The average molecular weight is 326 g/mol. The van der Waals surface area contributed by atoms with Crippen LogP contribution in [-0.4, -0.2) is 19.7 Å². The van der Waals surface area contributed by atoms with Crippen LogP contribution in [0.5, 0.6) is 0 Å². The molecule has 0 saturated heterocycles. The maximum Gasteiger partial charge on any atom is 0.347 e.